The van der Waals surface area contributed by atoms with Gasteiger partial charge in [0.2, 0.25) is 10.0 Å². The van der Waals surface area contributed by atoms with E-state index in [1.54, 1.807) is 23.5 Å². The van der Waals surface area contributed by atoms with Crippen LogP contribution in [0.2, 0.25) is 0 Å². The first-order valence-corrected chi connectivity index (χ1v) is 11.9. The molecular formula is C24H29NO5S. The van der Waals surface area contributed by atoms with Crippen molar-refractivity contribution in [3.05, 3.63) is 65.7 Å². The zero-order chi connectivity index (χ0) is 22.1. The van der Waals surface area contributed by atoms with Crippen molar-refractivity contribution in [1.29, 1.82) is 0 Å². The van der Waals surface area contributed by atoms with Crippen molar-refractivity contribution in [2.75, 3.05) is 33.4 Å². The summed E-state index contributed by atoms with van der Waals surface area (Å²) in [6.07, 6.45) is 2.45. The molecule has 4 rings (SSSR count). The highest BCUT2D eigenvalue weighted by atomic mass is 32.2. The molecule has 7 heteroatoms. The fourth-order valence-electron chi connectivity index (χ4n) is 4.20. The van der Waals surface area contributed by atoms with Crippen LogP contribution in [0, 0.1) is 12.3 Å². The number of hydrogen-bond acceptors (Lipinski definition) is 5. The van der Waals surface area contributed by atoms with Crippen molar-refractivity contribution >= 4 is 15.6 Å². The normalized spacial score (nSPS) is 23.0. The Balaban J connectivity index is 1.70. The average Bonchev–Trinajstić information content (AvgIpc) is 3.26. The predicted molar refractivity (Wildman–Crippen MR) is 119 cm³/mol. The van der Waals surface area contributed by atoms with Crippen LogP contribution in [0.15, 0.2) is 59.5 Å². The number of methoxy groups -OCH3 is 1. The molecule has 1 atom stereocenters. The Kier molecular flexibility index (Phi) is 6.21. The first-order chi connectivity index (χ1) is 14.8. The molecule has 6 nitrogen and oxygen atoms in total. The van der Waals surface area contributed by atoms with E-state index in [0.717, 1.165) is 22.4 Å². The van der Waals surface area contributed by atoms with Gasteiger partial charge in [-0.15, -0.1) is 0 Å². The Morgan fingerprint density at radius 2 is 1.71 bits per heavy atom. The number of rotatable bonds is 6. The maximum absolute atomic E-state index is 13.5. The van der Waals surface area contributed by atoms with Gasteiger partial charge in [-0.05, 0) is 42.3 Å². The summed E-state index contributed by atoms with van der Waals surface area (Å²) >= 11 is 0. The predicted octanol–water partition coefficient (Wildman–Crippen LogP) is 3.86. The van der Waals surface area contributed by atoms with Crippen molar-refractivity contribution in [2.24, 2.45) is 5.41 Å². The molecule has 1 fully saturated rings. The van der Waals surface area contributed by atoms with E-state index in [0.29, 0.717) is 37.6 Å². The lowest BCUT2D eigenvalue weighted by Crippen LogP contribution is -2.44. The lowest BCUT2D eigenvalue weighted by molar-refractivity contribution is -0.0658. The van der Waals surface area contributed by atoms with Gasteiger partial charge >= 0.3 is 0 Å². The van der Waals surface area contributed by atoms with Crippen LogP contribution in [0.5, 0.6) is 5.75 Å². The molecule has 166 valence electrons. The topological polar surface area (TPSA) is 65.1 Å². The molecule has 0 bridgehead atoms. The van der Waals surface area contributed by atoms with Gasteiger partial charge in [0.25, 0.3) is 0 Å². The Labute approximate surface area is 184 Å². The van der Waals surface area contributed by atoms with Crippen LogP contribution in [0.25, 0.3) is 5.57 Å². The summed E-state index contributed by atoms with van der Waals surface area (Å²) in [6, 6.07) is 14.7. The molecule has 0 radical (unpaired) electrons. The average molecular weight is 444 g/mol. The minimum atomic E-state index is -3.65. The maximum atomic E-state index is 13.5. The van der Waals surface area contributed by atoms with Crippen molar-refractivity contribution in [2.45, 2.75) is 31.5 Å². The van der Waals surface area contributed by atoms with Crippen molar-refractivity contribution in [1.82, 2.24) is 4.31 Å². The van der Waals surface area contributed by atoms with Crippen molar-refractivity contribution < 1.29 is 22.6 Å². The molecule has 2 aromatic rings. The summed E-state index contributed by atoms with van der Waals surface area (Å²) in [5, 5.41) is 0. The van der Waals surface area contributed by atoms with Gasteiger partial charge in [-0.3, -0.25) is 0 Å². The Hall–Kier alpha value is -2.19. The van der Waals surface area contributed by atoms with Gasteiger partial charge in [0.05, 0.1) is 25.2 Å². The molecule has 0 aromatic heterocycles. The number of aryl methyl sites for hydroxylation is 1. The molecule has 2 heterocycles. The van der Waals surface area contributed by atoms with Crippen LogP contribution in [-0.2, 0) is 19.5 Å². The second-order valence-corrected chi connectivity index (χ2v) is 10.5. The van der Waals surface area contributed by atoms with Gasteiger partial charge in [0, 0.05) is 24.9 Å². The summed E-state index contributed by atoms with van der Waals surface area (Å²) < 4.78 is 45.2. The molecule has 0 N–H and O–H groups in total. The first kappa shape index (κ1) is 22.0. The van der Waals surface area contributed by atoms with E-state index < -0.39 is 15.4 Å². The first-order valence-electron chi connectivity index (χ1n) is 10.5. The summed E-state index contributed by atoms with van der Waals surface area (Å²) in [5.74, 6) is 0.764. The monoisotopic (exact) mass is 443 g/mol. The zero-order valence-corrected chi connectivity index (χ0v) is 19.0. The SMILES string of the molecule is COc1ccc(C2=C[C@](C)(CC3OCCO3)CN(S(=O)(=O)c3ccc(C)cc3)C2)cc1. The third kappa shape index (κ3) is 4.85. The van der Waals surface area contributed by atoms with Gasteiger partial charge in [0.15, 0.2) is 6.29 Å². The molecule has 31 heavy (non-hydrogen) atoms. The lowest BCUT2D eigenvalue weighted by atomic mass is 9.80. The highest BCUT2D eigenvalue weighted by Crippen LogP contribution is 2.39. The van der Waals surface area contributed by atoms with Gasteiger partial charge in [-0.25, -0.2) is 8.42 Å². The quantitative estimate of drug-likeness (QED) is 0.678. The zero-order valence-electron chi connectivity index (χ0n) is 18.2. The highest BCUT2D eigenvalue weighted by Gasteiger charge is 2.39. The largest absolute Gasteiger partial charge is 0.497 e. The van der Waals surface area contributed by atoms with Crippen molar-refractivity contribution in [3.63, 3.8) is 0 Å². The van der Waals surface area contributed by atoms with E-state index in [4.69, 9.17) is 14.2 Å². The van der Waals surface area contributed by atoms with Crippen LogP contribution in [0.3, 0.4) is 0 Å². The van der Waals surface area contributed by atoms with Crippen molar-refractivity contribution in [3.8, 4) is 5.75 Å². The second kappa shape index (κ2) is 8.74. The third-order valence-electron chi connectivity index (χ3n) is 5.85. The molecule has 0 spiro atoms. The molecule has 1 saturated heterocycles. The molecule has 0 unspecified atom stereocenters. The molecule has 0 aliphatic carbocycles. The summed E-state index contributed by atoms with van der Waals surface area (Å²) in [7, 11) is -2.02. The van der Waals surface area contributed by atoms with E-state index in [2.05, 4.69) is 13.0 Å². The molecule has 0 amide bonds. The van der Waals surface area contributed by atoms with E-state index in [1.165, 1.54) is 0 Å². The molecule has 2 aliphatic heterocycles. The highest BCUT2D eigenvalue weighted by molar-refractivity contribution is 7.89. The smallest absolute Gasteiger partial charge is 0.243 e. The van der Waals surface area contributed by atoms with E-state index >= 15 is 0 Å². The third-order valence-corrected chi connectivity index (χ3v) is 7.66. The fourth-order valence-corrected chi connectivity index (χ4v) is 5.75. The molecule has 0 saturated carbocycles. The Morgan fingerprint density at radius 3 is 2.32 bits per heavy atom. The van der Waals surface area contributed by atoms with Crippen LogP contribution < -0.4 is 4.74 Å². The summed E-state index contributed by atoms with van der Waals surface area (Å²) in [6.45, 7) is 5.83. The van der Waals surface area contributed by atoms with Crippen LogP contribution >= 0.6 is 0 Å². The van der Waals surface area contributed by atoms with Crippen LogP contribution in [0.4, 0.5) is 0 Å². The number of nitrogens with zero attached hydrogens (tertiary/aromatic N) is 1. The fraction of sp³-hybridized carbons (Fsp3) is 0.417. The van der Waals surface area contributed by atoms with Crippen LogP contribution in [-0.4, -0.2) is 52.4 Å². The van der Waals surface area contributed by atoms with E-state index in [-0.39, 0.29) is 6.29 Å². The van der Waals surface area contributed by atoms with Gasteiger partial charge < -0.3 is 14.2 Å². The second-order valence-electron chi connectivity index (χ2n) is 8.51. The number of ether oxygens (including phenoxy) is 3. The Bertz CT molecular complexity index is 1040. The number of benzene rings is 2. The molecular weight excluding hydrogens is 414 g/mol. The standard InChI is InChI=1S/C24H29NO5S/c1-18-4-10-22(11-5-18)31(26,27)25-16-20(19-6-8-21(28-3)9-7-19)14-24(2,17-25)15-23-29-12-13-30-23/h4-11,14,23H,12-13,15-17H2,1-3H3/t24-/m1/s1. The van der Waals surface area contributed by atoms with Gasteiger partial charge in [0.1, 0.15) is 5.75 Å². The van der Waals surface area contributed by atoms with E-state index in [9.17, 15) is 8.42 Å². The molecule has 2 aliphatic rings. The Morgan fingerprint density at radius 1 is 1.06 bits per heavy atom. The van der Waals surface area contributed by atoms with Gasteiger partial charge in [-0.2, -0.15) is 4.31 Å². The van der Waals surface area contributed by atoms with E-state index in [1.807, 2.05) is 43.3 Å². The number of sulfonamides is 1. The maximum Gasteiger partial charge on any atom is 0.243 e. The summed E-state index contributed by atoms with van der Waals surface area (Å²) in [4.78, 5) is 0.310. The lowest BCUT2D eigenvalue weighted by Gasteiger charge is -2.39. The van der Waals surface area contributed by atoms with Crippen LogP contribution in [0.1, 0.15) is 24.5 Å². The minimum absolute atomic E-state index is 0.310. The minimum Gasteiger partial charge on any atom is -0.497 e. The molecule has 2 aromatic carbocycles. The van der Waals surface area contributed by atoms with Gasteiger partial charge in [-0.1, -0.05) is 42.8 Å². The number of hydrogen-bond donors (Lipinski definition) is 0. The summed E-state index contributed by atoms with van der Waals surface area (Å²) in [5.41, 5.74) is 2.53.